The molecule has 0 radical (unpaired) electrons. The SMILES string of the molecule is CNCc1cc(CN2CCOC3CCCCC32)c(C)o1. The summed E-state index contributed by atoms with van der Waals surface area (Å²) in [6, 6.07) is 2.82. The summed E-state index contributed by atoms with van der Waals surface area (Å²) < 4.78 is 11.8. The fourth-order valence-electron chi connectivity index (χ4n) is 3.60. The number of ether oxygens (including phenoxy) is 1. The fraction of sp³-hybridized carbons (Fsp3) is 0.750. The maximum absolute atomic E-state index is 5.95. The molecule has 4 heteroatoms. The van der Waals surface area contributed by atoms with Crippen LogP contribution in [0.15, 0.2) is 10.5 Å². The first-order valence-electron chi connectivity index (χ1n) is 7.86. The lowest BCUT2D eigenvalue weighted by molar-refractivity contribution is -0.0912. The summed E-state index contributed by atoms with van der Waals surface area (Å²) in [4.78, 5) is 2.61. The summed E-state index contributed by atoms with van der Waals surface area (Å²) in [6.07, 6.45) is 5.64. The van der Waals surface area contributed by atoms with Crippen LogP contribution >= 0.6 is 0 Å². The lowest BCUT2D eigenvalue weighted by Gasteiger charge is -2.43. The van der Waals surface area contributed by atoms with Crippen LogP contribution < -0.4 is 5.32 Å². The second-order valence-corrected chi connectivity index (χ2v) is 6.06. The Kier molecular flexibility index (Phi) is 4.44. The summed E-state index contributed by atoms with van der Waals surface area (Å²) in [5.74, 6) is 2.10. The van der Waals surface area contributed by atoms with Gasteiger partial charge in [0.15, 0.2) is 0 Å². The highest BCUT2D eigenvalue weighted by atomic mass is 16.5. The van der Waals surface area contributed by atoms with Crippen LogP contribution in [0.5, 0.6) is 0 Å². The first-order valence-corrected chi connectivity index (χ1v) is 7.86. The van der Waals surface area contributed by atoms with Gasteiger partial charge in [-0.3, -0.25) is 4.90 Å². The normalized spacial score (nSPS) is 27.5. The zero-order valence-electron chi connectivity index (χ0n) is 12.7. The van der Waals surface area contributed by atoms with Crippen LogP contribution in [-0.4, -0.2) is 37.2 Å². The van der Waals surface area contributed by atoms with E-state index in [9.17, 15) is 0 Å². The van der Waals surface area contributed by atoms with Crippen molar-refractivity contribution < 1.29 is 9.15 Å². The molecule has 1 aliphatic carbocycles. The molecule has 2 aliphatic rings. The summed E-state index contributed by atoms with van der Waals surface area (Å²) in [7, 11) is 1.95. The second kappa shape index (κ2) is 6.29. The van der Waals surface area contributed by atoms with E-state index in [0.717, 1.165) is 37.8 Å². The van der Waals surface area contributed by atoms with E-state index in [0.29, 0.717) is 12.1 Å². The molecular weight excluding hydrogens is 252 g/mol. The molecule has 3 rings (SSSR count). The summed E-state index contributed by atoms with van der Waals surface area (Å²) in [6.45, 7) is 5.81. The summed E-state index contributed by atoms with van der Waals surface area (Å²) >= 11 is 0. The highest BCUT2D eigenvalue weighted by molar-refractivity contribution is 5.21. The van der Waals surface area contributed by atoms with E-state index in [2.05, 4.69) is 23.2 Å². The van der Waals surface area contributed by atoms with Gasteiger partial charge in [-0.05, 0) is 32.9 Å². The molecule has 2 heterocycles. The molecular formula is C16H26N2O2. The Bertz CT molecular complexity index is 442. The Balaban J connectivity index is 1.69. The largest absolute Gasteiger partial charge is 0.465 e. The van der Waals surface area contributed by atoms with Crippen molar-refractivity contribution in [1.82, 2.24) is 10.2 Å². The molecule has 0 spiro atoms. The van der Waals surface area contributed by atoms with E-state index in [-0.39, 0.29) is 0 Å². The van der Waals surface area contributed by atoms with Crippen LogP contribution in [0.3, 0.4) is 0 Å². The van der Waals surface area contributed by atoms with Crippen LogP contribution in [-0.2, 0) is 17.8 Å². The Labute approximate surface area is 121 Å². The zero-order valence-corrected chi connectivity index (χ0v) is 12.7. The third-order valence-electron chi connectivity index (χ3n) is 4.64. The first kappa shape index (κ1) is 14.1. The van der Waals surface area contributed by atoms with Gasteiger partial charge in [-0.1, -0.05) is 12.8 Å². The Morgan fingerprint density at radius 1 is 1.35 bits per heavy atom. The predicted octanol–water partition coefficient (Wildman–Crippen LogP) is 2.45. The van der Waals surface area contributed by atoms with Gasteiger partial charge in [0.1, 0.15) is 11.5 Å². The summed E-state index contributed by atoms with van der Waals surface area (Å²) in [5.41, 5.74) is 1.33. The van der Waals surface area contributed by atoms with Gasteiger partial charge in [0.25, 0.3) is 0 Å². The lowest BCUT2D eigenvalue weighted by Crippen LogP contribution is -2.52. The van der Waals surface area contributed by atoms with Gasteiger partial charge in [0.2, 0.25) is 0 Å². The minimum atomic E-state index is 0.460. The number of nitrogens with one attached hydrogen (secondary N) is 1. The van der Waals surface area contributed by atoms with Crippen molar-refractivity contribution in [2.45, 2.75) is 57.8 Å². The number of rotatable bonds is 4. The van der Waals surface area contributed by atoms with Crippen molar-refractivity contribution in [1.29, 1.82) is 0 Å². The Morgan fingerprint density at radius 3 is 3.05 bits per heavy atom. The van der Waals surface area contributed by atoms with Gasteiger partial charge in [-0.15, -0.1) is 0 Å². The smallest absolute Gasteiger partial charge is 0.118 e. The average Bonchev–Trinajstić information content (AvgIpc) is 2.80. The van der Waals surface area contributed by atoms with Gasteiger partial charge in [0.05, 0.1) is 19.3 Å². The number of furan rings is 1. The van der Waals surface area contributed by atoms with E-state index >= 15 is 0 Å². The number of aryl methyl sites for hydroxylation is 1. The van der Waals surface area contributed by atoms with Crippen molar-refractivity contribution in [2.24, 2.45) is 0 Å². The van der Waals surface area contributed by atoms with E-state index in [1.54, 1.807) is 0 Å². The van der Waals surface area contributed by atoms with Crippen molar-refractivity contribution in [3.05, 3.63) is 23.2 Å². The molecule has 20 heavy (non-hydrogen) atoms. The quantitative estimate of drug-likeness (QED) is 0.918. The number of morpholine rings is 1. The third-order valence-corrected chi connectivity index (χ3v) is 4.64. The fourth-order valence-corrected chi connectivity index (χ4v) is 3.60. The van der Waals surface area contributed by atoms with E-state index in [4.69, 9.17) is 9.15 Å². The van der Waals surface area contributed by atoms with Gasteiger partial charge in [-0.2, -0.15) is 0 Å². The molecule has 1 saturated heterocycles. The van der Waals surface area contributed by atoms with Crippen LogP contribution in [0.2, 0.25) is 0 Å². The molecule has 2 unspecified atom stereocenters. The van der Waals surface area contributed by atoms with Crippen molar-refractivity contribution in [3.63, 3.8) is 0 Å². The molecule has 0 aromatic carbocycles. The molecule has 0 amide bonds. The average molecular weight is 278 g/mol. The number of hydrogen-bond donors (Lipinski definition) is 1. The maximum atomic E-state index is 5.95. The Morgan fingerprint density at radius 2 is 2.20 bits per heavy atom. The van der Waals surface area contributed by atoms with Gasteiger partial charge in [-0.25, -0.2) is 0 Å². The van der Waals surface area contributed by atoms with Gasteiger partial charge in [0, 0.05) is 24.7 Å². The molecule has 112 valence electrons. The van der Waals surface area contributed by atoms with Crippen LogP contribution in [0.25, 0.3) is 0 Å². The molecule has 2 fully saturated rings. The first-order chi connectivity index (χ1) is 9.78. The Hall–Kier alpha value is -0.840. The van der Waals surface area contributed by atoms with Crippen molar-refractivity contribution in [2.75, 3.05) is 20.2 Å². The molecule has 0 bridgehead atoms. The molecule has 1 aromatic rings. The van der Waals surface area contributed by atoms with Crippen LogP contribution in [0.1, 0.15) is 42.8 Å². The third kappa shape index (κ3) is 2.92. The van der Waals surface area contributed by atoms with Gasteiger partial charge >= 0.3 is 0 Å². The predicted molar refractivity (Wildman–Crippen MR) is 78.6 cm³/mol. The number of nitrogens with zero attached hydrogens (tertiary/aromatic N) is 1. The van der Waals surface area contributed by atoms with Crippen molar-refractivity contribution >= 4 is 0 Å². The molecule has 1 aromatic heterocycles. The molecule has 4 nitrogen and oxygen atoms in total. The van der Waals surface area contributed by atoms with Crippen LogP contribution in [0, 0.1) is 6.92 Å². The number of fused-ring (bicyclic) bond motifs is 1. The zero-order chi connectivity index (χ0) is 13.9. The molecule has 1 saturated carbocycles. The summed E-state index contributed by atoms with van der Waals surface area (Å²) in [5, 5.41) is 3.15. The maximum Gasteiger partial charge on any atom is 0.118 e. The van der Waals surface area contributed by atoms with E-state index in [1.165, 1.54) is 31.2 Å². The molecule has 1 aliphatic heterocycles. The highest BCUT2D eigenvalue weighted by Crippen LogP contribution is 2.30. The monoisotopic (exact) mass is 278 g/mol. The molecule has 1 N–H and O–H groups in total. The standard InChI is InChI=1S/C16H26N2O2/c1-12-13(9-14(20-12)10-17-2)11-18-7-8-19-16-6-4-3-5-15(16)18/h9,15-17H,3-8,10-11H2,1-2H3. The topological polar surface area (TPSA) is 37.6 Å². The van der Waals surface area contributed by atoms with Crippen molar-refractivity contribution in [3.8, 4) is 0 Å². The molecule has 2 atom stereocenters. The van der Waals surface area contributed by atoms with E-state index < -0.39 is 0 Å². The van der Waals surface area contributed by atoms with Crippen LogP contribution in [0.4, 0.5) is 0 Å². The van der Waals surface area contributed by atoms with Gasteiger partial charge < -0.3 is 14.5 Å². The van der Waals surface area contributed by atoms with E-state index in [1.807, 2.05) is 7.05 Å². The highest BCUT2D eigenvalue weighted by Gasteiger charge is 2.34. The minimum absolute atomic E-state index is 0.460. The minimum Gasteiger partial charge on any atom is -0.465 e. The second-order valence-electron chi connectivity index (χ2n) is 6.06. The lowest BCUT2D eigenvalue weighted by atomic mass is 9.90. The number of hydrogen-bond acceptors (Lipinski definition) is 4.